The van der Waals surface area contributed by atoms with Crippen LogP contribution in [-0.4, -0.2) is 17.3 Å². The molecule has 0 bridgehead atoms. The van der Waals surface area contributed by atoms with E-state index in [-0.39, 0.29) is 5.75 Å². The van der Waals surface area contributed by atoms with Crippen molar-refractivity contribution >= 4 is 23.1 Å². The number of furan rings is 1. The first-order valence-electron chi connectivity index (χ1n) is 6.22. The zero-order chi connectivity index (χ0) is 14.4. The average molecular weight is 318 g/mol. The standard InChI is InChI=1S/C13H16F2N2OS2/c1-9(12-17-4-5-19-12)6-16-7-10-2-3-11(18-10)8-20-13(14)15/h2-5,9,13,16H,6-8H2,1H3. The molecule has 0 spiro atoms. The number of aromatic nitrogens is 1. The van der Waals surface area contributed by atoms with Crippen LogP contribution in [0.25, 0.3) is 0 Å². The van der Waals surface area contributed by atoms with Gasteiger partial charge in [-0.2, -0.15) is 8.78 Å². The molecule has 20 heavy (non-hydrogen) atoms. The summed E-state index contributed by atoms with van der Waals surface area (Å²) in [4.78, 5) is 4.27. The molecule has 2 aromatic rings. The third-order valence-electron chi connectivity index (χ3n) is 2.69. The highest BCUT2D eigenvalue weighted by atomic mass is 32.2. The summed E-state index contributed by atoms with van der Waals surface area (Å²) >= 11 is 2.21. The lowest BCUT2D eigenvalue weighted by molar-refractivity contribution is 0.251. The van der Waals surface area contributed by atoms with Crippen molar-refractivity contribution in [2.45, 2.75) is 30.9 Å². The fourth-order valence-corrected chi connectivity index (χ4v) is 2.86. The summed E-state index contributed by atoms with van der Waals surface area (Å²) < 4.78 is 29.6. The van der Waals surface area contributed by atoms with Crippen LogP contribution in [0.3, 0.4) is 0 Å². The topological polar surface area (TPSA) is 38.1 Å². The van der Waals surface area contributed by atoms with E-state index < -0.39 is 5.76 Å². The second kappa shape index (κ2) is 7.75. The lowest BCUT2D eigenvalue weighted by atomic mass is 10.2. The summed E-state index contributed by atoms with van der Waals surface area (Å²) in [6, 6.07) is 3.57. The quantitative estimate of drug-likeness (QED) is 0.796. The van der Waals surface area contributed by atoms with Crippen molar-refractivity contribution in [3.05, 3.63) is 40.2 Å². The highest BCUT2D eigenvalue weighted by molar-refractivity contribution is 7.98. The number of nitrogens with one attached hydrogen (secondary N) is 1. The summed E-state index contributed by atoms with van der Waals surface area (Å²) in [5, 5.41) is 6.35. The summed E-state index contributed by atoms with van der Waals surface area (Å²) in [5.74, 6) is -0.464. The van der Waals surface area contributed by atoms with E-state index in [2.05, 4.69) is 17.2 Å². The highest BCUT2D eigenvalue weighted by Crippen LogP contribution is 2.21. The Labute approximate surface area is 124 Å². The molecule has 2 aromatic heterocycles. The van der Waals surface area contributed by atoms with Crippen molar-refractivity contribution < 1.29 is 13.2 Å². The Balaban J connectivity index is 1.71. The predicted octanol–water partition coefficient (Wildman–Crippen LogP) is 4.09. The second-order valence-corrected chi connectivity index (χ2v) is 6.25. The van der Waals surface area contributed by atoms with Gasteiger partial charge in [-0.3, -0.25) is 0 Å². The molecule has 3 nitrogen and oxygen atoms in total. The number of nitrogens with zero attached hydrogens (tertiary/aromatic N) is 1. The molecule has 0 saturated carbocycles. The summed E-state index contributed by atoms with van der Waals surface area (Å²) in [7, 11) is 0. The summed E-state index contributed by atoms with van der Waals surface area (Å²) in [5.41, 5.74) is 0. The van der Waals surface area contributed by atoms with Crippen molar-refractivity contribution in [1.82, 2.24) is 10.3 Å². The SMILES string of the molecule is CC(CNCc1ccc(CSC(F)F)o1)c1nccs1. The van der Waals surface area contributed by atoms with E-state index in [0.717, 1.165) is 17.3 Å². The van der Waals surface area contributed by atoms with E-state index in [1.807, 2.05) is 11.4 Å². The van der Waals surface area contributed by atoms with Crippen molar-refractivity contribution in [2.75, 3.05) is 6.54 Å². The second-order valence-electron chi connectivity index (χ2n) is 4.34. The number of alkyl halides is 2. The van der Waals surface area contributed by atoms with Crippen LogP contribution < -0.4 is 5.32 Å². The molecule has 0 fully saturated rings. The Bertz CT molecular complexity index is 502. The minimum atomic E-state index is -2.36. The van der Waals surface area contributed by atoms with Gasteiger partial charge in [-0.25, -0.2) is 4.98 Å². The monoisotopic (exact) mass is 318 g/mol. The van der Waals surface area contributed by atoms with E-state index in [1.54, 1.807) is 23.6 Å². The number of hydrogen-bond donors (Lipinski definition) is 1. The number of thiazole rings is 1. The number of halogens is 2. The van der Waals surface area contributed by atoms with Crippen LogP contribution in [0, 0.1) is 0 Å². The van der Waals surface area contributed by atoms with Gasteiger partial charge >= 0.3 is 0 Å². The first kappa shape index (κ1) is 15.5. The number of thioether (sulfide) groups is 1. The first-order valence-corrected chi connectivity index (χ1v) is 8.15. The Hall–Kier alpha value is -0.920. The molecule has 1 N–H and O–H groups in total. The van der Waals surface area contributed by atoms with Crippen LogP contribution in [0.2, 0.25) is 0 Å². The van der Waals surface area contributed by atoms with Gasteiger partial charge in [0.1, 0.15) is 11.5 Å². The lowest BCUT2D eigenvalue weighted by Crippen LogP contribution is -2.19. The maximum Gasteiger partial charge on any atom is 0.284 e. The van der Waals surface area contributed by atoms with Crippen molar-refractivity contribution in [2.24, 2.45) is 0 Å². The van der Waals surface area contributed by atoms with E-state index in [1.165, 1.54) is 0 Å². The van der Waals surface area contributed by atoms with Crippen LogP contribution in [0.5, 0.6) is 0 Å². The van der Waals surface area contributed by atoms with Crippen LogP contribution >= 0.6 is 23.1 Å². The molecular weight excluding hydrogens is 302 g/mol. The van der Waals surface area contributed by atoms with Gasteiger partial charge in [-0.15, -0.1) is 11.3 Å². The lowest BCUT2D eigenvalue weighted by Gasteiger charge is -2.08. The van der Waals surface area contributed by atoms with Gasteiger partial charge in [0.05, 0.1) is 17.3 Å². The Morgan fingerprint density at radius 1 is 1.40 bits per heavy atom. The molecule has 2 heterocycles. The van der Waals surface area contributed by atoms with Gasteiger partial charge in [0, 0.05) is 24.0 Å². The van der Waals surface area contributed by atoms with Crippen LogP contribution in [0.15, 0.2) is 28.1 Å². The fraction of sp³-hybridized carbons (Fsp3) is 0.462. The van der Waals surface area contributed by atoms with Gasteiger partial charge in [-0.1, -0.05) is 18.7 Å². The predicted molar refractivity (Wildman–Crippen MR) is 78.2 cm³/mol. The summed E-state index contributed by atoms with van der Waals surface area (Å²) in [6.45, 7) is 3.50. The molecule has 110 valence electrons. The zero-order valence-corrected chi connectivity index (χ0v) is 12.6. The van der Waals surface area contributed by atoms with E-state index >= 15 is 0 Å². The fourth-order valence-electron chi connectivity index (χ4n) is 1.72. The van der Waals surface area contributed by atoms with Crippen LogP contribution in [0.4, 0.5) is 8.78 Å². The van der Waals surface area contributed by atoms with Gasteiger partial charge < -0.3 is 9.73 Å². The molecule has 0 aromatic carbocycles. The molecule has 2 rings (SSSR count). The maximum atomic E-state index is 12.1. The van der Waals surface area contributed by atoms with Crippen molar-refractivity contribution in [1.29, 1.82) is 0 Å². The van der Waals surface area contributed by atoms with Crippen LogP contribution in [0.1, 0.15) is 29.4 Å². The van der Waals surface area contributed by atoms with Crippen molar-refractivity contribution in [3.63, 3.8) is 0 Å². The normalized spacial score (nSPS) is 13.0. The Kier molecular flexibility index (Phi) is 6.00. The molecule has 7 heteroatoms. The van der Waals surface area contributed by atoms with Gasteiger partial charge in [0.2, 0.25) is 0 Å². The third kappa shape index (κ3) is 4.88. The van der Waals surface area contributed by atoms with E-state index in [4.69, 9.17) is 4.42 Å². The Morgan fingerprint density at radius 2 is 2.20 bits per heavy atom. The minimum Gasteiger partial charge on any atom is -0.464 e. The van der Waals surface area contributed by atoms with Gasteiger partial charge in [-0.05, 0) is 12.1 Å². The highest BCUT2D eigenvalue weighted by Gasteiger charge is 2.09. The first-order chi connectivity index (χ1) is 9.65. The third-order valence-corrected chi connectivity index (χ3v) is 4.40. The molecule has 0 amide bonds. The molecule has 0 saturated heterocycles. The number of hydrogen-bond acceptors (Lipinski definition) is 5. The molecule has 1 atom stereocenters. The number of rotatable bonds is 8. The molecule has 0 radical (unpaired) electrons. The zero-order valence-electron chi connectivity index (χ0n) is 11.0. The molecule has 0 aliphatic heterocycles. The van der Waals surface area contributed by atoms with Crippen molar-refractivity contribution in [3.8, 4) is 0 Å². The van der Waals surface area contributed by atoms with Crippen LogP contribution in [-0.2, 0) is 12.3 Å². The smallest absolute Gasteiger partial charge is 0.284 e. The maximum absolute atomic E-state index is 12.1. The van der Waals surface area contributed by atoms with E-state index in [9.17, 15) is 8.78 Å². The minimum absolute atomic E-state index is 0.202. The van der Waals surface area contributed by atoms with Gasteiger partial charge in [0.25, 0.3) is 5.76 Å². The molecule has 0 aliphatic carbocycles. The molecule has 1 unspecified atom stereocenters. The van der Waals surface area contributed by atoms with Gasteiger partial charge in [0.15, 0.2) is 0 Å². The Morgan fingerprint density at radius 3 is 2.90 bits per heavy atom. The molecular formula is C13H16F2N2OS2. The van der Waals surface area contributed by atoms with E-state index in [0.29, 0.717) is 30.0 Å². The summed E-state index contributed by atoms with van der Waals surface area (Å²) in [6.07, 6.45) is 1.80. The average Bonchev–Trinajstić information content (AvgIpc) is 3.08. The molecule has 0 aliphatic rings. The largest absolute Gasteiger partial charge is 0.464 e.